The lowest BCUT2D eigenvalue weighted by molar-refractivity contribution is -0.228. The van der Waals surface area contributed by atoms with E-state index in [2.05, 4.69) is 0 Å². The number of alkyl halides is 4. The maximum atomic E-state index is 14.8. The molecule has 2 heterocycles. The third-order valence-corrected chi connectivity index (χ3v) is 9.25. The lowest BCUT2D eigenvalue weighted by atomic mass is 9.61. The minimum absolute atomic E-state index is 0.0151. The highest BCUT2D eigenvalue weighted by atomic mass is 19.4. The molecule has 40 heavy (non-hydrogen) atoms. The highest BCUT2D eigenvalue weighted by Crippen LogP contribution is 2.52. The number of rotatable bonds is 5. The lowest BCUT2D eigenvalue weighted by Crippen LogP contribution is -2.57. The number of carbonyl (C=O) groups is 2. The molecule has 3 unspecified atom stereocenters. The molecule has 1 saturated carbocycles. The summed E-state index contributed by atoms with van der Waals surface area (Å²) in [5.74, 6) is -1.92. The third kappa shape index (κ3) is 5.05. The number of benzene rings is 2. The van der Waals surface area contributed by atoms with Crippen LogP contribution in [0.5, 0.6) is 5.75 Å². The molecular weight excluding hydrogens is 533 g/mol. The number of ether oxygens (including phenoxy) is 1. The van der Waals surface area contributed by atoms with Gasteiger partial charge in [-0.2, -0.15) is 13.2 Å². The van der Waals surface area contributed by atoms with Gasteiger partial charge in [0.15, 0.2) is 0 Å². The van der Waals surface area contributed by atoms with Crippen molar-refractivity contribution in [2.75, 3.05) is 19.7 Å². The van der Waals surface area contributed by atoms with Gasteiger partial charge >= 0.3 is 12.1 Å². The van der Waals surface area contributed by atoms with Crippen molar-refractivity contribution in [3.8, 4) is 5.75 Å². The molecule has 1 aliphatic carbocycles. The highest BCUT2D eigenvalue weighted by Gasteiger charge is 2.55. The van der Waals surface area contributed by atoms with E-state index in [1.165, 1.54) is 18.2 Å². The number of amides is 1. The van der Waals surface area contributed by atoms with Crippen LogP contribution in [0.15, 0.2) is 42.5 Å². The molecule has 3 atom stereocenters. The van der Waals surface area contributed by atoms with Crippen LogP contribution in [0.25, 0.3) is 0 Å². The average molecular weight is 566 g/mol. The van der Waals surface area contributed by atoms with Crippen LogP contribution in [0.4, 0.5) is 22.0 Å². The third-order valence-electron chi connectivity index (χ3n) is 9.25. The zero-order valence-electron chi connectivity index (χ0n) is 22.1. The van der Waals surface area contributed by atoms with E-state index in [-0.39, 0.29) is 35.9 Å². The summed E-state index contributed by atoms with van der Waals surface area (Å²) in [7, 11) is 0. The zero-order valence-corrected chi connectivity index (χ0v) is 22.1. The van der Waals surface area contributed by atoms with E-state index >= 15 is 0 Å². The summed E-state index contributed by atoms with van der Waals surface area (Å²) in [5.41, 5.74) is -3.22. The van der Waals surface area contributed by atoms with Gasteiger partial charge in [0.05, 0.1) is 12.5 Å². The van der Waals surface area contributed by atoms with Crippen molar-refractivity contribution in [3.05, 3.63) is 65.0 Å². The van der Waals surface area contributed by atoms with Crippen molar-refractivity contribution in [1.29, 1.82) is 0 Å². The van der Waals surface area contributed by atoms with Crippen molar-refractivity contribution >= 4 is 11.9 Å². The summed E-state index contributed by atoms with van der Waals surface area (Å²) >= 11 is 0. The molecular formula is C30H32F5NO4. The fourth-order valence-electron chi connectivity index (χ4n) is 6.68. The fraction of sp³-hybridized carbons (Fsp3) is 0.533. The van der Waals surface area contributed by atoms with Gasteiger partial charge in [-0.25, -0.2) is 8.78 Å². The number of piperidine rings is 1. The molecule has 2 fully saturated rings. The summed E-state index contributed by atoms with van der Waals surface area (Å²) < 4.78 is 74.7. The number of carboxylic acid groups (broad SMARTS) is 1. The van der Waals surface area contributed by atoms with Crippen molar-refractivity contribution in [1.82, 2.24) is 4.90 Å². The van der Waals surface area contributed by atoms with Crippen molar-refractivity contribution in [2.24, 2.45) is 17.8 Å². The molecule has 3 aliphatic rings. The first-order valence-electron chi connectivity index (χ1n) is 13.6. The van der Waals surface area contributed by atoms with Crippen molar-refractivity contribution in [2.45, 2.75) is 62.7 Å². The Morgan fingerprint density at radius 1 is 1.02 bits per heavy atom. The Kier molecular flexibility index (Phi) is 7.33. The molecule has 0 radical (unpaired) electrons. The van der Waals surface area contributed by atoms with Gasteiger partial charge in [-0.3, -0.25) is 9.59 Å². The minimum atomic E-state index is -5.10. The zero-order chi connectivity index (χ0) is 28.9. The van der Waals surface area contributed by atoms with Gasteiger partial charge in [0.2, 0.25) is 11.6 Å². The van der Waals surface area contributed by atoms with Crippen LogP contribution in [0.2, 0.25) is 0 Å². The Balaban J connectivity index is 1.44. The molecule has 5 rings (SSSR count). The monoisotopic (exact) mass is 565 g/mol. The molecule has 2 aromatic carbocycles. The van der Waals surface area contributed by atoms with Crippen LogP contribution < -0.4 is 4.74 Å². The fourth-order valence-corrected chi connectivity index (χ4v) is 6.68. The summed E-state index contributed by atoms with van der Waals surface area (Å²) in [6.45, 7) is 1.38. The Morgan fingerprint density at radius 2 is 1.68 bits per heavy atom. The number of fused-ring (bicyclic) bond motifs is 3. The lowest BCUT2D eigenvalue weighted by Gasteiger charge is -2.52. The van der Waals surface area contributed by atoms with E-state index in [4.69, 9.17) is 4.74 Å². The van der Waals surface area contributed by atoms with Gasteiger partial charge < -0.3 is 14.7 Å². The second-order valence-corrected chi connectivity index (χ2v) is 11.6. The van der Waals surface area contributed by atoms with Crippen molar-refractivity contribution < 1.29 is 41.4 Å². The van der Waals surface area contributed by atoms with Crippen LogP contribution in [0, 0.1) is 23.6 Å². The topological polar surface area (TPSA) is 66.8 Å². The molecule has 0 aromatic heterocycles. The van der Waals surface area contributed by atoms with Gasteiger partial charge in [-0.15, -0.1) is 0 Å². The summed E-state index contributed by atoms with van der Waals surface area (Å²) in [5, 5.41) is 9.28. The first kappa shape index (κ1) is 28.4. The Hall–Kier alpha value is -3.17. The Bertz CT molecular complexity index is 1270. The Labute approximate surface area is 229 Å². The molecule has 2 aromatic rings. The number of carbonyl (C=O) groups excluding carboxylic acids is 1. The Morgan fingerprint density at radius 3 is 2.30 bits per heavy atom. The molecule has 1 amide bonds. The number of carboxylic acids is 1. The molecule has 1 N–H and O–H groups in total. The molecule has 0 spiro atoms. The predicted molar refractivity (Wildman–Crippen MR) is 136 cm³/mol. The van der Waals surface area contributed by atoms with Gasteiger partial charge in [0, 0.05) is 41.5 Å². The number of likely N-dealkylation sites (tertiary alicyclic amines) is 1. The standard InChI is InChI=1S/C30H32F5NO4/c1-28(32,30(33,34)35)21-8-11-24-25(14-21)40-17-22-16-36(26(37)19-4-6-20(7-5-19)27(38)39)13-12-29(22,24)15-18-2-9-23(31)10-3-18/h2-3,8-11,14,19-20,22H,4-7,12-13,15-17H2,1H3,(H,38,39)/t19-,20-,22?,28?,29?. The molecule has 0 bridgehead atoms. The largest absolute Gasteiger partial charge is 0.493 e. The van der Waals surface area contributed by atoms with Crippen LogP contribution in [-0.4, -0.2) is 47.8 Å². The first-order chi connectivity index (χ1) is 18.8. The van der Waals surface area contributed by atoms with E-state index in [9.17, 15) is 36.6 Å². The quantitative estimate of drug-likeness (QED) is 0.440. The molecule has 1 saturated heterocycles. The first-order valence-corrected chi connectivity index (χ1v) is 13.6. The van der Waals surface area contributed by atoms with E-state index in [1.54, 1.807) is 17.0 Å². The van der Waals surface area contributed by atoms with Gasteiger partial charge in [0.25, 0.3) is 0 Å². The number of hydrogen-bond acceptors (Lipinski definition) is 3. The van der Waals surface area contributed by atoms with Crippen molar-refractivity contribution in [3.63, 3.8) is 0 Å². The number of halogens is 5. The average Bonchev–Trinajstić information content (AvgIpc) is 2.92. The highest BCUT2D eigenvalue weighted by molar-refractivity contribution is 5.80. The van der Waals surface area contributed by atoms with Crippen LogP contribution >= 0.6 is 0 Å². The summed E-state index contributed by atoms with van der Waals surface area (Å²) in [4.78, 5) is 26.6. The van der Waals surface area contributed by atoms with Gasteiger partial charge in [-0.1, -0.05) is 24.3 Å². The molecule has 216 valence electrons. The second kappa shape index (κ2) is 10.3. The SMILES string of the molecule is CC(F)(c1ccc2c(c1)OCC1CN(C(=O)[C@H]3CC[C@H](C(=O)O)CC3)CCC21Cc1ccc(F)cc1)C(F)(F)F. The number of hydrogen-bond donors (Lipinski definition) is 1. The van der Waals surface area contributed by atoms with E-state index in [1.807, 2.05) is 0 Å². The molecule has 10 heteroatoms. The number of nitrogens with zero attached hydrogens (tertiary/aromatic N) is 1. The normalized spacial score (nSPS) is 28.1. The van der Waals surface area contributed by atoms with Crippen LogP contribution in [-0.2, 0) is 27.1 Å². The second-order valence-electron chi connectivity index (χ2n) is 11.6. The maximum Gasteiger partial charge on any atom is 0.426 e. The van der Waals surface area contributed by atoms with E-state index in [0.717, 1.165) is 17.7 Å². The van der Waals surface area contributed by atoms with Gasteiger partial charge in [0.1, 0.15) is 11.6 Å². The summed E-state index contributed by atoms with van der Waals surface area (Å²) in [6, 6.07) is 9.85. The predicted octanol–water partition coefficient (Wildman–Crippen LogP) is 6.19. The molecule has 5 nitrogen and oxygen atoms in total. The van der Waals surface area contributed by atoms with Crippen LogP contribution in [0.3, 0.4) is 0 Å². The van der Waals surface area contributed by atoms with E-state index < -0.39 is 34.7 Å². The molecule has 2 aliphatic heterocycles. The number of aliphatic carboxylic acids is 1. The summed E-state index contributed by atoms with van der Waals surface area (Å²) in [6.07, 6.45) is -2.20. The smallest absolute Gasteiger partial charge is 0.426 e. The maximum absolute atomic E-state index is 14.8. The van der Waals surface area contributed by atoms with E-state index in [0.29, 0.717) is 64.1 Å². The van der Waals surface area contributed by atoms with Crippen LogP contribution in [0.1, 0.15) is 55.7 Å². The minimum Gasteiger partial charge on any atom is -0.493 e. The van der Waals surface area contributed by atoms with Gasteiger partial charge in [-0.05, 0) is 69.2 Å².